The van der Waals surface area contributed by atoms with Crippen LogP contribution in [0.15, 0.2) is 54.1 Å². The zero-order valence-electron chi connectivity index (χ0n) is 21.1. The molecule has 1 aromatic rings. The van der Waals surface area contributed by atoms with Crippen LogP contribution in [-0.4, -0.2) is 6.18 Å². The van der Waals surface area contributed by atoms with Crippen LogP contribution < -0.4 is 0 Å². The molecule has 0 radical (unpaired) electrons. The minimum Gasteiger partial charge on any atom is -0.171 e. The van der Waals surface area contributed by atoms with Crippen molar-refractivity contribution >= 4 is 0 Å². The Morgan fingerprint density at radius 1 is 1.00 bits per heavy atom. The minimum absolute atomic E-state index is 0.0997. The summed E-state index contributed by atoms with van der Waals surface area (Å²) >= 11 is 0. The molecule has 0 heterocycles. The molecule has 34 heavy (non-hydrogen) atoms. The molecule has 1 aromatic carbocycles. The Morgan fingerprint density at radius 2 is 1.76 bits per heavy atom. The molecule has 0 aromatic heterocycles. The van der Waals surface area contributed by atoms with Crippen molar-refractivity contribution in [2.45, 2.75) is 84.7 Å². The van der Waals surface area contributed by atoms with Gasteiger partial charge in [-0.1, -0.05) is 69.3 Å². The van der Waals surface area contributed by atoms with Crippen molar-refractivity contribution in [3.63, 3.8) is 0 Å². The van der Waals surface area contributed by atoms with Gasteiger partial charge in [-0.2, -0.15) is 13.2 Å². The summed E-state index contributed by atoms with van der Waals surface area (Å²) in [5.74, 6) is 0.926. The van der Waals surface area contributed by atoms with Gasteiger partial charge in [-0.05, 0) is 109 Å². The SMILES string of the molecule is CC(C[C@H]1CC[C@H]2[C@@H]3CC=C4C=CCC[C@]4(C)[C@H]3CC[C@]12C)C(Cc1ccccc1)C(F)(F)F. The average molecular weight is 471 g/mol. The maximum absolute atomic E-state index is 14.2. The molecule has 3 heteroatoms. The number of halogens is 3. The quantitative estimate of drug-likeness (QED) is 0.402. The van der Waals surface area contributed by atoms with Gasteiger partial charge in [0.2, 0.25) is 0 Å². The molecular formula is C31H41F3. The van der Waals surface area contributed by atoms with E-state index in [2.05, 4.69) is 32.1 Å². The molecule has 2 unspecified atom stereocenters. The van der Waals surface area contributed by atoms with Crippen LogP contribution in [0, 0.1) is 46.3 Å². The first-order valence-corrected chi connectivity index (χ1v) is 13.6. The molecule has 0 amide bonds. The second kappa shape index (κ2) is 8.86. The summed E-state index contributed by atoms with van der Waals surface area (Å²) < 4.78 is 42.5. The van der Waals surface area contributed by atoms with Gasteiger partial charge in [-0.3, -0.25) is 0 Å². The predicted octanol–water partition coefficient (Wildman–Crippen LogP) is 9.18. The van der Waals surface area contributed by atoms with E-state index in [-0.39, 0.29) is 17.8 Å². The third-order valence-electron chi connectivity index (χ3n) is 10.9. The van der Waals surface area contributed by atoms with E-state index < -0.39 is 12.1 Å². The Hall–Kier alpha value is -1.51. The number of hydrogen-bond acceptors (Lipinski definition) is 0. The lowest BCUT2D eigenvalue weighted by Gasteiger charge is -2.57. The fourth-order valence-electron chi connectivity index (χ4n) is 8.92. The van der Waals surface area contributed by atoms with Crippen molar-refractivity contribution in [1.82, 2.24) is 0 Å². The Bertz CT molecular complexity index is 928. The molecule has 0 N–H and O–H groups in total. The van der Waals surface area contributed by atoms with E-state index in [9.17, 15) is 13.2 Å². The number of benzene rings is 1. The van der Waals surface area contributed by atoms with Crippen molar-refractivity contribution in [1.29, 1.82) is 0 Å². The van der Waals surface area contributed by atoms with Crippen molar-refractivity contribution in [2.75, 3.05) is 0 Å². The molecule has 4 aliphatic carbocycles. The molecule has 8 atom stereocenters. The van der Waals surface area contributed by atoms with Crippen LogP contribution in [0.25, 0.3) is 0 Å². The molecule has 0 spiro atoms. The second-order valence-electron chi connectivity index (χ2n) is 12.5. The van der Waals surface area contributed by atoms with E-state index in [1.54, 1.807) is 5.57 Å². The molecule has 186 valence electrons. The molecule has 2 fully saturated rings. The van der Waals surface area contributed by atoms with Gasteiger partial charge >= 0.3 is 6.18 Å². The zero-order valence-corrected chi connectivity index (χ0v) is 21.1. The molecule has 5 rings (SSSR count). The van der Waals surface area contributed by atoms with Crippen molar-refractivity contribution in [3.05, 3.63) is 59.7 Å². The van der Waals surface area contributed by atoms with Gasteiger partial charge in [-0.15, -0.1) is 0 Å². The molecule has 0 aliphatic heterocycles. The lowest BCUT2D eigenvalue weighted by Crippen LogP contribution is -2.49. The van der Waals surface area contributed by atoms with Gasteiger partial charge in [0.05, 0.1) is 5.92 Å². The van der Waals surface area contributed by atoms with E-state index in [4.69, 9.17) is 0 Å². The van der Waals surface area contributed by atoms with Crippen molar-refractivity contribution in [3.8, 4) is 0 Å². The highest BCUT2D eigenvalue weighted by atomic mass is 19.4. The smallest absolute Gasteiger partial charge is 0.171 e. The Morgan fingerprint density at radius 3 is 2.50 bits per heavy atom. The zero-order chi connectivity index (χ0) is 24.1. The van der Waals surface area contributed by atoms with Crippen LogP contribution in [0.5, 0.6) is 0 Å². The van der Waals surface area contributed by atoms with E-state index >= 15 is 0 Å². The minimum atomic E-state index is -4.15. The number of hydrogen-bond donors (Lipinski definition) is 0. The monoisotopic (exact) mass is 470 g/mol. The highest BCUT2D eigenvalue weighted by molar-refractivity contribution is 5.34. The van der Waals surface area contributed by atoms with Crippen LogP contribution in [0.1, 0.15) is 77.7 Å². The summed E-state index contributed by atoms with van der Waals surface area (Å²) in [5.41, 5.74) is 2.86. The van der Waals surface area contributed by atoms with Gasteiger partial charge in [0.1, 0.15) is 0 Å². The topological polar surface area (TPSA) is 0 Å². The fraction of sp³-hybridized carbons (Fsp3) is 0.677. The third-order valence-corrected chi connectivity index (χ3v) is 10.9. The summed E-state index contributed by atoms with van der Waals surface area (Å²) in [6.07, 6.45) is 12.2. The Labute approximate surface area is 204 Å². The molecular weight excluding hydrogens is 429 g/mol. The first-order chi connectivity index (χ1) is 16.1. The highest BCUT2D eigenvalue weighted by Gasteiger charge is 2.58. The standard InChI is InChI=1S/C31H41F3/c1-21(28(31(32,33)34)20-22-9-5-4-6-10-22)19-24-13-15-26-25-14-12-23-11-7-8-17-29(23,2)27(25)16-18-30(24,26)3/h4-7,9-12,21,24-28H,8,13-20H2,1-3H3/t21?,24-,25+,26+,27+,28?,29+,30-/m1/s1. The summed E-state index contributed by atoms with van der Waals surface area (Å²) in [6.45, 7) is 6.81. The summed E-state index contributed by atoms with van der Waals surface area (Å²) in [5, 5.41) is 0. The molecule has 0 bridgehead atoms. The lowest BCUT2D eigenvalue weighted by atomic mass is 9.48. The van der Waals surface area contributed by atoms with Crippen LogP contribution in [-0.2, 0) is 6.42 Å². The highest BCUT2D eigenvalue weighted by Crippen LogP contribution is 2.66. The number of fused-ring (bicyclic) bond motifs is 5. The Kier molecular flexibility index (Phi) is 6.30. The number of alkyl halides is 3. The Balaban J connectivity index is 1.33. The first kappa shape index (κ1) is 24.2. The van der Waals surface area contributed by atoms with Crippen LogP contribution in [0.2, 0.25) is 0 Å². The lowest BCUT2D eigenvalue weighted by molar-refractivity contribution is -0.189. The average Bonchev–Trinajstić information content (AvgIpc) is 3.13. The van der Waals surface area contributed by atoms with Gasteiger partial charge in [0.25, 0.3) is 0 Å². The maximum Gasteiger partial charge on any atom is 0.392 e. The largest absolute Gasteiger partial charge is 0.392 e. The van der Waals surface area contributed by atoms with Gasteiger partial charge in [0, 0.05) is 0 Å². The normalized spacial score (nSPS) is 38.9. The molecule has 4 aliphatic rings. The number of allylic oxidation sites excluding steroid dienone is 4. The number of rotatable bonds is 5. The van der Waals surface area contributed by atoms with E-state index in [0.717, 1.165) is 17.9 Å². The summed E-state index contributed by atoms with van der Waals surface area (Å²) in [6, 6.07) is 9.25. The molecule has 0 saturated heterocycles. The third kappa shape index (κ3) is 4.09. The maximum atomic E-state index is 14.2. The van der Waals surface area contributed by atoms with E-state index in [1.807, 2.05) is 37.3 Å². The molecule has 2 saturated carbocycles. The second-order valence-corrected chi connectivity index (χ2v) is 12.5. The van der Waals surface area contributed by atoms with Crippen molar-refractivity contribution in [2.24, 2.45) is 46.3 Å². The summed E-state index contributed by atoms with van der Waals surface area (Å²) in [4.78, 5) is 0. The van der Waals surface area contributed by atoms with Crippen LogP contribution >= 0.6 is 0 Å². The van der Waals surface area contributed by atoms with Gasteiger partial charge < -0.3 is 0 Å². The predicted molar refractivity (Wildman–Crippen MR) is 133 cm³/mol. The molecule has 0 nitrogen and oxygen atoms in total. The van der Waals surface area contributed by atoms with E-state index in [1.165, 1.54) is 38.5 Å². The van der Waals surface area contributed by atoms with Crippen LogP contribution in [0.4, 0.5) is 13.2 Å². The first-order valence-electron chi connectivity index (χ1n) is 13.6. The van der Waals surface area contributed by atoms with Crippen molar-refractivity contribution < 1.29 is 13.2 Å². The van der Waals surface area contributed by atoms with Gasteiger partial charge in [0.15, 0.2) is 0 Å². The van der Waals surface area contributed by atoms with E-state index in [0.29, 0.717) is 29.6 Å². The van der Waals surface area contributed by atoms with Crippen LogP contribution in [0.3, 0.4) is 0 Å². The summed E-state index contributed by atoms with van der Waals surface area (Å²) in [7, 11) is 0. The van der Waals surface area contributed by atoms with Gasteiger partial charge in [-0.25, -0.2) is 0 Å². The fourth-order valence-corrected chi connectivity index (χ4v) is 8.92.